The fourth-order valence-corrected chi connectivity index (χ4v) is 3.78. The van der Waals surface area contributed by atoms with E-state index in [4.69, 9.17) is 5.73 Å². The van der Waals surface area contributed by atoms with Crippen molar-refractivity contribution < 1.29 is 4.79 Å². The number of benzene rings is 1. The fourth-order valence-electron chi connectivity index (χ4n) is 3.78. The number of carbonyl (C=O) groups excluding carboxylic acids is 1. The van der Waals surface area contributed by atoms with Crippen molar-refractivity contribution in [3.05, 3.63) is 35.9 Å². The van der Waals surface area contributed by atoms with E-state index in [9.17, 15) is 4.79 Å². The van der Waals surface area contributed by atoms with Gasteiger partial charge in [0, 0.05) is 12.6 Å². The minimum Gasteiger partial charge on any atom is -0.353 e. The molecule has 19 heavy (non-hydrogen) atoms. The quantitative estimate of drug-likeness (QED) is 0.868. The van der Waals surface area contributed by atoms with Crippen LogP contribution in [0.1, 0.15) is 37.2 Å². The van der Waals surface area contributed by atoms with Crippen LogP contribution in [-0.2, 0) is 4.79 Å². The summed E-state index contributed by atoms with van der Waals surface area (Å²) in [6, 6.07) is 10.2. The number of hydrogen-bond acceptors (Lipinski definition) is 2. The van der Waals surface area contributed by atoms with E-state index in [0.29, 0.717) is 18.5 Å². The molecule has 2 saturated carbocycles. The van der Waals surface area contributed by atoms with Crippen LogP contribution in [0.15, 0.2) is 30.3 Å². The van der Waals surface area contributed by atoms with E-state index in [0.717, 1.165) is 11.5 Å². The molecule has 0 heterocycles. The van der Waals surface area contributed by atoms with Gasteiger partial charge in [0.2, 0.25) is 5.91 Å². The summed E-state index contributed by atoms with van der Waals surface area (Å²) in [6.45, 7) is 0.372. The van der Waals surface area contributed by atoms with Crippen molar-refractivity contribution in [3.8, 4) is 0 Å². The van der Waals surface area contributed by atoms with Crippen molar-refractivity contribution in [2.24, 2.45) is 17.6 Å². The second-order valence-electron chi connectivity index (χ2n) is 5.99. The first-order chi connectivity index (χ1) is 9.28. The maximum Gasteiger partial charge on any atom is 0.229 e. The van der Waals surface area contributed by atoms with Crippen LogP contribution in [0.2, 0.25) is 0 Å². The van der Waals surface area contributed by atoms with Gasteiger partial charge in [0.25, 0.3) is 0 Å². The normalized spacial score (nSPS) is 30.3. The number of nitrogens with one attached hydrogen (secondary N) is 1. The van der Waals surface area contributed by atoms with Gasteiger partial charge in [0.05, 0.1) is 5.92 Å². The van der Waals surface area contributed by atoms with Crippen molar-refractivity contribution in [2.75, 3.05) is 6.54 Å². The molecule has 0 aromatic heterocycles. The predicted octanol–water partition coefficient (Wildman–Crippen LogP) is 2.03. The first-order valence-electron chi connectivity index (χ1n) is 7.33. The molecule has 1 amide bonds. The smallest absolute Gasteiger partial charge is 0.229 e. The minimum absolute atomic E-state index is 0.103. The van der Waals surface area contributed by atoms with E-state index >= 15 is 0 Å². The van der Waals surface area contributed by atoms with Crippen LogP contribution < -0.4 is 11.1 Å². The van der Waals surface area contributed by atoms with Gasteiger partial charge in [0.15, 0.2) is 0 Å². The Morgan fingerprint density at radius 1 is 1.26 bits per heavy atom. The van der Waals surface area contributed by atoms with Crippen molar-refractivity contribution >= 4 is 5.91 Å². The van der Waals surface area contributed by atoms with Gasteiger partial charge in [-0.25, -0.2) is 0 Å². The van der Waals surface area contributed by atoms with Gasteiger partial charge in [-0.15, -0.1) is 0 Å². The van der Waals surface area contributed by atoms with Gasteiger partial charge in [-0.3, -0.25) is 4.79 Å². The summed E-state index contributed by atoms with van der Waals surface area (Å²) in [6.07, 6.45) is 5.12. The molecule has 2 aliphatic carbocycles. The number of amides is 1. The van der Waals surface area contributed by atoms with E-state index in [1.807, 2.05) is 30.3 Å². The Balaban J connectivity index is 1.65. The van der Waals surface area contributed by atoms with Gasteiger partial charge in [-0.2, -0.15) is 0 Å². The lowest BCUT2D eigenvalue weighted by atomic mass is 9.93. The molecule has 0 saturated heterocycles. The Morgan fingerprint density at radius 3 is 2.63 bits per heavy atom. The predicted molar refractivity (Wildman–Crippen MR) is 75.6 cm³/mol. The standard InChI is InChI=1S/C16H22N2O/c17-10-14(12-4-2-1-3-5-12)16(19)18-15-9-11-6-7-13(15)8-11/h1-5,11,13-15H,6-10,17H2,(H,18,19). The topological polar surface area (TPSA) is 55.1 Å². The molecular formula is C16H22N2O. The molecule has 3 heteroatoms. The summed E-state index contributed by atoms with van der Waals surface area (Å²) in [5.74, 6) is 1.46. The number of fused-ring (bicyclic) bond motifs is 2. The first kappa shape index (κ1) is 12.7. The lowest BCUT2D eigenvalue weighted by molar-refractivity contribution is -0.123. The Kier molecular flexibility index (Phi) is 3.56. The highest BCUT2D eigenvalue weighted by Gasteiger charge is 2.40. The Hall–Kier alpha value is -1.35. The van der Waals surface area contributed by atoms with Crippen molar-refractivity contribution in [1.29, 1.82) is 0 Å². The number of nitrogens with two attached hydrogens (primary N) is 1. The lowest BCUT2D eigenvalue weighted by Gasteiger charge is -2.25. The molecule has 2 aliphatic rings. The average molecular weight is 258 g/mol. The monoisotopic (exact) mass is 258 g/mol. The molecular weight excluding hydrogens is 236 g/mol. The van der Waals surface area contributed by atoms with Gasteiger partial charge >= 0.3 is 0 Å². The highest BCUT2D eigenvalue weighted by molar-refractivity contribution is 5.84. The molecule has 3 nitrogen and oxygen atoms in total. The fraction of sp³-hybridized carbons (Fsp3) is 0.562. The molecule has 4 atom stereocenters. The Morgan fingerprint density at radius 2 is 2.05 bits per heavy atom. The highest BCUT2D eigenvalue weighted by atomic mass is 16.2. The lowest BCUT2D eigenvalue weighted by Crippen LogP contribution is -2.42. The van der Waals surface area contributed by atoms with Crippen molar-refractivity contribution in [1.82, 2.24) is 5.32 Å². The van der Waals surface area contributed by atoms with Crippen LogP contribution >= 0.6 is 0 Å². The molecule has 3 N–H and O–H groups in total. The molecule has 0 spiro atoms. The van der Waals surface area contributed by atoms with Crippen LogP contribution in [-0.4, -0.2) is 18.5 Å². The molecule has 4 unspecified atom stereocenters. The molecule has 102 valence electrons. The van der Waals surface area contributed by atoms with Crippen molar-refractivity contribution in [2.45, 2.75) is 37.6 Å². The van der Waals surface area contributed by atoms with Crippen LogP contribution in [0.3, 0.4) is 0 Å². The molecule has 2 fully saturated rings. The maximum atomic E-state index is 12.4. The van der Waals surface area contributed by atoms with Crippen LogP contribution in [0.4, 0.5) is 0 Å². The third kappa shape index (κ3) is 2.52. The molecule has 0 radical (unpaired) electrons. The van der Waals surface area contributed by atoms with Gasteiger partial charge in [-0.05, 0) is 36.7 Å². The summed E-state index contributed by atoms with van der Waals surface area (Å²) in [4.78, 5) is 12.4. The average Bonchev–Trinajstić information content (AvgIpc) is 3.03. The van der Waals surface area contributed by atoms with E-state index < -0.39 is 0 Å². The minimum atomic E-state index is -0.208. The van der Waals surface area contributed by atoms with E-state index in [1.54, 1.807) is 0 Å². The second-order valence-corrected chi connectivity index (χ2v) is 5.99. The van der Waals surface area contributed by atoms with Crippen LogP contribution in [0, 0.1) is 11.8 Å². The zero-order chi connectivity index (χ0) is 13.2. The summed E-state index contributed by atoms with van der Waals surface area (Å²) < 4.78 is 0. The summed E-state index contributed by atoms with van der Waals surface area (Å²) >= 11 is 0. The first-order valence-corrected chi connectivity index (χ1v) is 7.33. The summed E-state index contributed by atoms with van der Waals surface area (Å²) in [7, 11) is 0. The van der Waals surface area contributed by atoms with E-state index in [1.165, 1.54) is 25.7 Å². The third-order valence-electron chi connectivity index (χ3n) is 4.82. The number of carbonyl (C=O) groups is 1. The zero-order valence-corrected chi connectivity index (χ0v) is 11.2. The molecule has 1 aromatic carbocycles. The SMILES string of the molecule is NCC(C(=O)NC1CC2CCC1C2)c1ccccc1. The second kappa shape index (κ2) is 5.33. The van der Waals surface area contributed by atoms with Crippen LogP contribution in [0.25, 0.3) is 0 Å². The van der Waals surface area contributed by atoms with E-state index in [2.05, 4.69) is 5.32 Å². The molecule has 1 aromatic rings. The molecule has 0 aliphatic heterocycles. The van der Waals surface area contributed by atoms with Crippen LogP contribution in [0.5, 0.6) is 0 Å². The summed E-state index contributed by atoms with van der Waals surface area (Å²) in [5, 5.41) is 3.24. The Labute approximate surface area is 114 Å². The third-order valence-corrected chi connectivity index (χ3v) is 4.82. The number of hydrogen-bond donors (Lipinski definition) is 2. The van der Waals surface area contributed by atoms with Gasteiger partial charge < -0.3 is 11.1 Å². The zero-order valence-electron chi connectivity index (χ0n) is 11.2. The number of rotatable bonds is 4. The van der Waals surface area contributed by atoms with Gasteiger partial charge in [-0.1, -0.05) is 36.8 Å². The maximum absolute atomic E-state index is 12.4. The Bertz CT molecular complexity index is 445. The summed E-state index contributed by atoms with van der Waals surface area (Å²) in [5.41, 5.74) is 6.81. The molecule has 2 bridgehead atoms. The molecule has 3 rings (SSSR count). The van der Waals surface area contributed by atoms with E-state index in [-0.39, 0.29) is 11.8 Å². The van der Waals surface area contributed by atoms with Gasteiger partial charge in [0.1, 0.15) is 0 Å². The highest BCUT2D eigenvalue weighted by Crippen LogP contribution is 2.44. The van der Waals surface area contributed by atoms with Crippen molar-refractivity contribution in [3.63, 3.8) is 0 Å². The largest absolute Gasteiger partial charge is 0.353 e.